The van der Waals surface area contributed by atoms with Gasteiger partial charge in [0, 0.05) is 18.4 Å². The molecule has 1 aliphatic rings. The molecule has 156 valence electrons. The Bertz CT molecular complexity index is 839. The van der Waals surface area contributed by atoms with Crippen LogP contribution in [0.5, 0.6) is 0 Å². The summed E-state index contributed by atoms with van der Waals surface area (Å²) in [6.07, 6.45) is 8.47. The van der Waals surface area contributed by atoms with Crippen molar-refractivity contribution < 1.29 is 9.90 Å². The summed E-state index contributed by atoms with van der Waals surface area (Å²) in [6, 6.07) is 6.93. The largest absolute Gasteiger partial charge is 0.388 e. The number of halogens is 2. The van der Waals surface area contributed by atoms with E-state index in [1.54, 1.807) is 30.5 Å². The summed E-state index contributed by atoms with van der Waals surface area (Å²) in [5.41, 5.74) is 0.994. The van der Waals surface area contributed by atoms with Crippen LogP contribution in [0.1, 0.15) is 61.0 Å². The van der Waals surface area contributed by atoms with E-state index in [1.807, 2.05) is 0 Å². The molecule has 2 aromatic rings. The Labute approximate surface area is 181 Å². The molecule has 1 fully saturated rings. The molecule has 29 heavy (non-hydrogen) atoms. The predicted octanol–water partition coefficient (Wildman–Crippen LogP) is 4.60. The first kappa shape index (κ1) is 21.8. The highest BCUT2D eigenvalue weighted by molar-refractivity contribution is 6.34. The molecular formula is C21H26Cl2N4O2. The normalized spacial score (nSPS) is 16.5. The van der Waals surface area contributed by atoms with Crippen LogP contribution in [-0.4, -0.2) is 33.1 Å². The second-order valence-electron chi connectivity index (χ2n) is 7.54. The zero-order chi connectivity index (χ0) is 20.7. The SMILES string of the molecule is O=C(NCC1(O)CCCCCCC1)c1cc(NCc2ccnc(Cl)n2)ccc1Cl. The lowest BCUT2D eigenvalue weighted by Crippen LogP contribution is -2.43. The Hall–Kier alpha value is -1.89. The fourth-order valence-corrected chi connectivity index (χ4v) is 3.92. The fourth-order valence-electron chi connectivity index (χ4n) is 3.55. The number of rotatable bonds is 6. The van der Waals surface area contributed by atoms with E-state index in [4.69, 9.17) is 23.2 Å². The van der Waals surface area contributed by atoms with Gasteiger partial charge < -0.3 is 15.7 Å². The molecule has 1 aliphatic carbocycles. The summed E-state index contributed by atoms with van der Waals surface area (Å²) in [4.78, 5) is 20.7. The number of carbonyl (C=O) groups excluding carboxylic acids is 1. The van der Waals surface area contributed by atoms with Crippen molar-refractivity contribution in [3.63, 3.8) is 0 Å². The van der Waals surface area contributed by atoms with Crippen molar-refractivity contribution in [1.82, 2.24) is 15.3 Å². The third-order valence-corrected chi connectivity index (χ3v) is 5.74. The van der Waals surface area contributed by atoms with Crippen molar-refractivity contribution in [3.8, 4) is 0 Å². The summed E-state index contributed by atoms with van der Waals surface area (Å²) in [6.45, 7) is 0.671. The monoisotopic (exact) mass is 436 g/mol. The molecular weight excluding hydrogens is 411 g/mol. The van der Waals surface area contributed by atoms with E-state index < -0.39 is 5.60 Å². The Morgan fingerprint density at radius 1 is 1.10 bits per heavy atom. The van der Waals surface area contributed by atoms with Crippen LogP contribution in [0.3, 0.4) is 0 Å². The lowest BCUT2D eigenvalue weighted by atomic mass is 9.87. The van der Waals surface area contributed by atoms with E-state index in [0.29, 0.717) is 30.0 Å². The number of benzene rings is 1. The first-order valence-electron chi connectivity index (χ1n) is 9.97. The van der Waals surface area contributed by atoms with Crippen molar-refractivity contribution in [3.05, 3.63) is 52.0 Å². The quantitative estimate of drug-likeness (QED) is 0.575. The maximum Gasteiger partial charge on any atom is 0.252 e. The molecule has 0 radical (unpaired) electrons. The maximum atomic E-state index is 12.7. The van der Waals surface area contributed by atoms with E-state index >= 15 is 0 Å². The van der Waals surface area contributed by atoms with Gasteiger partial charge in [-0.1, -0.05) is 43.7 Å². The molecule has 1 heterocycles. The topological polar surface area (TPSA) is 87.1 Å². The van der Waals surface area contributed by atoms with Crippen LogP contribution < -0.4 is 10.6 Å². The van der Waals surface area contributed by atoms with Crippen LogP contribution in [0.15, 0.2) is 30.5 Å². The Kier molecular flexibility index (Phi) is 7.70. The Morgan fingerprint density at radius 3 is 2.55 bits per heavy atom. The van der Waals surface area contributed by atoms with Crippen LogP contribution in [0.25, 0.3) is 0 Å². The third kappa shape index (κ3) is 6.56. The molecule has 0 aliphatic heterocycles. The molecule has 0 spiro atoms. The van der Waals surface area contributed by atoms with E-state index in [1.165, 1.54) is 6.42 Å². The molecule has 0 bridgehead atoms. The summed E-state index contributed by atoms with van der Waals surface area (Å²) < 4.78 is 0. The van der Waals surface area contributed by atoms with Crippen molar-refractivity contribution in [2.75, 3.05) is 11.9 Å². The number of hydrogen-bond acceptors (Lipinski definition) is 5. The second-order valence-corrected chi connectivity index (χ2v) is 8.29. The highest BCUT2D eigenvalue weighted by atomic mass is 35.5. The van der Waals surface area contributed by atoms with Gasteiger partial charge in [-0.2, -0.15) is 0 Å². The van der Waals surface area contributed by atoms with Gasteiger partial charge in [0.15, 0.2) is 0 Å². The number of aromatic nitrogens is 2. The molecule has 0 saturated heterocycles. The van der Waals surface area contributed by atoms with Gasteiger partial charge in [0.05, 0.1) is 28.4 Å². The van der Waals surface area contributed by atoms with Crippen molar-refractivity contribution in [2.45, 2.75) is 57.1 Å². The smallest absolute Gasteiger partial charge is 0.252 e. The van der Waals surface area contributed by atoms with Gasteiger partial charge in [-0.05, 0) is 48.7 Å². The maximum absolute atomic E-state index is 12.7. The number of hydrogen-bond donors (Lipinski definition) is 3. The van der Waals surface area contributed by atoms with E-state index in [-0.39, 0.29) is 17.7 Å². The number of carbonyl (C=O) groups is 1. The Morgan fingerprint density at radius 2 is 1.83 bits per heavy atom. The molecule has 6 nitrogen and oxygen atoms in total. The summed E-state index contributed by atoms with van der Waals surface area (Å²) in [5, 5.41) is 17.5. The highest BCUT2D eigenvalue weighted by Crippen LogP contribution is 2.26. The van der Waals surface area contributed by atoms with Crippen LogP contribution in [0, 0.1) is 0 Å². The van der Waals surface area contributed by atoms with Crippen LogP contribution in [0.2, 0.25) is 10.3 Å². The summed E-state index contributed by atoms with van der Waals surface area (Å²) in [5.74, 6) is -0.292. The number of nitrogens with zero attached hydrogens (tertiary/aromatic N) is 2. The van der Waals surface area contributed by atoms with E-state index in [2.05, 4.69) is 20.6 Å². The summed E-state index contributed by atoms with van der Waals surface area (Å²) >= 11 is 12.0. The predicted molar refractivity (Wildman–Crippen MR) is 115 cm³/mol. The second kappa shape index (κ2) is 10.2. The van der Waals surface area contributed by atoms with Crippen molar-refractivity contribution >= 4 is 34.8 Å². The van der Waals surface area contributed by atoms with Crippen LogP contribution >= 0.6 is 23.2 Å². The molecule has 0 unspecified atom stereocenters. The molecule has 8 heteroatoms. The zero-order valence-corrected chi connectivity index (χ0v) is 17.8. The molecule has 3 N–H and O–H groups in total. The number of nitrogens with one attached hydrogen (secondary N) is 2. The average molecular weight is 437 g/mol. The molecule has 1 aromatic carbocycles. The minimum absolute atomic E-state index is 0.188. The molecule has 1 saturated carbocycles. The standard InChI is InChI=1S/C21H26Cl2N4O2/c22-18-7-6-15(25-13-16-8-11-24-20(23)27-16)12-17(18)19(28)26-14-21(29)9-4-2-1-3-5-10-21/h6-8,11-12,25,29H,1-5,9-10,13-14H2,(H,26,28). The van der Waals surface area contributed by atoms with E-state index in [9.17, 15) is 9.90 Å². The molecule has 1 amide bonds. The number of anilines is 1. The third-order valence-electron chi connectivity index (χ3n) is 5.23. The summed E-state index contributed by atoms with van der Waals surface area (Å²) in [7, 11) is 0. The van der Waals surface area contributed by atoms with Crippen LogP contribution in [-0.2, 0) is 6.54 Å². The number of amides is 1. The lowest BCUT2D eigenvalue weighted by molar-refractivity contribution is 0.0146. The van der Waals surface area contributed by atoms with Crippen molar-refractivity contribution in [1.29, 1.82) is 0 Å². The Balaban J connectivity index is 1.61. The highest BCUT2D eigenvalue weighted by Gasteiger charge is 2.28. The van der Waals surface area contributed by atoms with Gasteiger partial charge in [-0.25, -0.2) is 9.97 Å². The molecule has 3 rings (SSSR count). The minimum Gasteiger partial charge on any atom is -0.388 e. The first-order valence-corrected chi connectivity index (χ1v) is 10.7. The lowest BCUT2D eigenvalue weighted by Gasteiger charge is -2.30. The number of aliphatic hydroxyl groups is 1. The van der Waals surface area contributed by atoms with Crippen molar-refractivity contribution in [2.24, 2.45) is 0 Å². The van der Waals surface area contributed by atoms with Gasteiger partial charge in [0.2, 0.25) is 5.28 Å². The van der Waals surface area contributed by atoms with Gasteiger partial charge in [0.25, 0.3) is 5.91 Å². The van der Waals surface area contributed by atoms with Crippen LogP contribution in [0.4, 0.5) is 5.69 Å². The van der Waals surface area contributed by atoms with Gasteiger partial charge >= 0.3 is 0 Å². The van der Waals surface area contributed by atoms with Gasteiger partial charge in [-0.3, -0.25) is 4.79 Å². The molecule has 0 atom stereocenters. The average Bonchev–Trinajstić information content (AvgIpc) is 2.69. The van der Waals surface area contributed by atoms with Gasteiger partial charge in [0.1, 0.15) is 0 Å². The first-order chi connectivity index (χ1) is 14.0. The molecule has 1 aromatic heterocycles. The minimum atomic E-state index is -0.843. The van der Waals surface area contributed by atoms with Gasteiger partial charge in [-0.15, -0.1) is 0 Å². The zero-order valence-electron chi connectivity index (χ0n) is 16.3. The van der Waals surface area contributed by atoms with E-state index in [0.717, 1.165) is 37.1 Å². The fraction of sp³-hybridized carbons (Fsp3) is 0.476.